The van der Waals surface area contributed by atoms with Gasteiger partial charge in [-0.05, 0) is 36.5 Å². The van der Waals surface area contributed by atoms with Gasteiger partial charge in [0.25, 0.3) is 0 Å². The van der Waals surface area contributed by atoms with Crippen LogP contribution in [-0.4, -0.2) is 47.3 Å². The Morgan fingerprint density at radius 1 is 1.38 bits per heavy atom. The molecule has 1 N–H and O–H groups in total. The molecule has 2 aliphatic rings. The van der Waals surface area contributed by atoms with E-state index in [4.69, 9.17) is 0 Å². The Hall–Kier alpha value is -1.82. The summed E-state index contributed by atoms with van der Waals surface area (Å²) >= 11 is 3.72. The second-order valence-corrected chi connectivity index (χ2v) is 8.39. The average Bonchev–Trinajstić information content (AvgIpc) is 3.04. The minimum atomic E-state index is 0.249. The predicted molar refractivity (Wildman–Crippen MR) is 109 cm³/mol. The number of benzene rings is 1. The van der Waals surface area contributed by atoms with Gasteiger partial charge in [0.1, 0.15) is 0 Å². The summed E-state index contributed by atoms with van der Waals surface area (Å²) in [7, 11) is 3.87. The van der Waals surface area contributed by atoms with E-state index in [0.717, 1.165) is 32.0 Å². The number of nitrogens with zero attached hydrogens (tertiary/aromatic N) is 4. The van der Waals surface area contributed by atoms with E-state index in [9.17, 15) is 0 Å². The van der Waals surface area contributed by atoms with E-state index in [2.05, 4.69) is 66.7 Å². The van der Waals surface area contributed by atoms with Crippen molar-refractivity contribution >= 4 is 21.9 Å². The van der Waals surface area contributed by atoms with Crippen LogP contribution in [0, 0.1) is 0 Å². The first-order chi connectivity index (χ1) is 12.6. The van der Waals surface area contributed by atoms with E-state index in [1.165, 1.54) is 28.4 Å². The maximum Gasteiger partial charge on any atom is 0.193 e. The van der Waals surface area contributed by atoms with Gasteiger partial charge in [-0.25, -0.2) is 0 Å². The van der Waals surface area contributed by atoms with Gasteiger partial charge in [-0.3, -0.25) is 9.67 Å². The first kappa shape index (κ1) is 17.6. The highest BCUT2D eigenvalue weighted by Gasteiger charge is 2.45. The summed E-state index contributed by atoms with van der Waals surface area (Å²) in [6.07, 6.45) is 7.75. The van der Waals surface area contributed by atoms with Gasteiger partial charge in [-0.15, -0.1) is 0 Å². The maximum absolute atomic E-state index is 4.55. The molecule has 0 bridgehead atoms. The molecule has 1 saturated heterocycles. The molecule has 4 rings (SSSR count). The molecule has 1 aromatic heterocycles. The van der Waals surface area contributed by atoms with Crippen molar-refractivity contribution in [1.29, 1.82) is 0 Å². The number of hydrogen-bond donors (Lipinski definition) is 1. The molecule has 1 aromatic carbocycles. The first-order valence-corrected chi connectivity index (χ1v) is 10.1. The molecule has 2 heterocycles. The van der Waals surface area contributed by atoms with Gasteiger partial charge in [0.05, 0.1) is 6.20 Å². The number of aryl methyl sites for hydroxylation is 1. The van der Waals surface area contributed by atoms with Crippen molar-refractivity contribution in [3.63, 3.8) is 0 Å². The smallest absolute Gasteiger partial charge is 0.193 e. The summed E-state index contributed by atoms with van der Waals surface area (Å²) in [5.74, 6) is 1.56. The molecule has 138 valence electrons. The molecule has 0 spiro atoms. The van der Waals surface area contributed by atoms with Crippen molar-refractivity contribution in [3.05, 3.63) is 52.3 Å². The van der Waals surface area contributed by atoms with Crippen LogP contribution in [0.2, 0.25) is 0 Å². The van der Waals surface area contributed by atoms with Gasteiger partial charge in [-0.1, -0.05) is 34.1 Å². The Balaban J connectivity index is 1.39. The summed E-state index contributed by atoms with van der Waals surface area (Å²) in [6.45, 7) is 2.99. The zero-order valence-corrected chi connectivity index (χ0v) is 17.0. The van der Waals surface area contributed by atoms with Gasteiger partial charge < -0.3 is 10.2 Å². The highest BCUT2D eigenvalue weighted by Crippen LogP contribution is 2.49. The molecule has 1 saturated carbocycles. The Morgan fingerprint density at radius 2 is 2.19 bits per heavy atom. The van der Waals surface area contributed by atoms with E-state index in [0.29, 0.717) is 5.92 Å². The molecule has 1 unspecified atom stereocenters. The van der Waals surface area contributed by atoms with Crippen LogP contribution in [-0.2, 0) is 12.5 Å². The lowest BCUT2D eigenvalue weighted by molar-refractivity contribution is 0.478. The number of guanidine groups is 1. The van der Waals surface area contributed by atoms with Crippen LogP contribution >= 0.6 is 15.9 Å². The summed E-state index contributed by atoms with van der Waals surface area (Å²) in [6, 6.07) is 8.60. The van der Waals surface area contributed by atoms with Crippen molar-refractivity contribution in [1.82, 2.24) is 20.0 Å². The fourth-order valence-corrected chi connectivity index (χ4v) is 4.75. The topological polar surface area (TPSA) is 45.5 Å². The Kier molecular flexibility index (Phi) is 4.78. The molecule has 0 radical (unpaired) electrons. The molecule has 6 heteroatoms. The van der Waals surface area contributed by atoms with Crippen molar-refractivity contribution in [2.45, 2.75) is 30.6 Å². The van der Waals surface area contributed by atoms with Crippen LogP contribution in [0.15, 0.2) is 46.1 Å². The second-order valence-electron chi connectivity index (χ2n) is 7.54. The molecule has 2 fully saturated rings. The molecule has 0 amide bonds. The number of likely N-dealkylation sites (tertiary alicyclic amines) is 1. The van der Waals surface area contributed by atoms with E-state index >= 15 is 0 Å². The minimum Gasteiger partial charge on any atom is -0.355 e. The summed E-state index contributed by atoms with van der Waals surface area (Å²) < 4.78 is 3.10. The first-order valence-electron chi connectivity index (χ1n) is 9.30. The van der Waals surface area contributed by atoms with Crippen LogP contribution in [0.5, 0.6) is 0 Å². The van der Waals surface area contributed by atoms with Gasteiger partial charge >= 0.3 is 0 Å². The monoisotopic (exact) mass is 415 g/mol. The lowest BCUT2D eigenvalue weighted by Gasteiger charge is -2.25. The SMILES string of the molecule is CN=C(NCC1(c2ccccc2Br)CC1)N1CCC(c2cnn(C)c2)C1. The Morgan fingerprint density at radius 3 is 2.85 bits per heavy atom. The highest BCUT2D eigenvalue weighted by molar-refractivity contribution is 9.10. The summed E-state index contributed by atoms with van der Waals surface area (Å²) in [5, 5.41) is 7.97. The fourth-order valence-electron chi connectivity index (χ4n) is 4.04. The number of aromatic nitrogens is 2. The second kappa shape index (κ2) is 7.06. The molecular formula is C20H26BrN5. The number of hydrogen-bond acceptors (Lipinski definition) is 2. The van der Waals surface area contributed by atoms with Gasteiger partial charge in [0.15, 0.2) is 5.96 Å². The van der Waals surface area contributed by atoms with Gasteiger partial charge in [-0.2, -0.15) is 5.10 Å². The lowest BCUT2D eigenvalue weighted by atomic mass is 9.96. The Labute approximate surface area is 163 Å². The van der Waals surface area contributed by atoms with Crippen molar-refractivity contribution < 1.29 is 0 Å². The van der Waals surface area contributed by atoms with Crippen LogP contribution in [0.3, 0.4) is 0 Å². The maximum atomic E-state index is 4.55. The van der Waals surface area contributed by atoms with Crippen LogP contribution in [0.25, 0.3) is 0 Å². The standard InChI is InChI=1S/C20H26BrN5/c1-22-19(26-10-7-15(13-26)16-11-24-25(2)12-16)23-14-20(8-9-20)17-5-3-4-6-18(17)21/h3-6,11-12,15H,7-10,13-14H2,1-2H3,(H,22,23). The van der Waals surface area contributed by atoms with Gasteiger partial charge in [0, 0.05) is 55.7 Å². The predicted octanol–water partition coefficient (Wildman–Crippen LogP) is 3.28. The van der Waals surface area contributed by atoms with Crippen LogP contribution in [0.1, 0.15) is 36.3 Å². The largest absolute Gasteiger partial charge is 0.355 e. The molecule has 1 atom stereocenters. The zero-order valence-electron chi connectivity index (χ0n) is 15.5. The quantitative estimate of drug-likeness (QED) is 0.615. The third-order valence-corrected chi connectivity index (χ3v) is 6.47. The molecule has 2 aromatic rings. The normalized spacial score (nSPS) is 21.9. The molecule has 1 aliphatic carbocycles. The molecular weight excluding hydrogens is 390 g/mol. The van der Waals surface area contributed by atoms with E-state index < -0.39 is 0 Å². The lowest BCUT2D eigenvalue weighted by Crippen LogP contribution is -2.43. The zero-order chi connectivity index (χ0) is 18.1. The van der Waals surface area contributed by atoms with E-state index in [1.807, 2.05) is 25.0 Å². The number of halogens is 1. The third-order valence-electron chi connectivity index (χ3n) is 5.78. The minimum absolute atomic E-state index is 0.249. The molecule has 1 aliphatic heterocycles. The van der Waals surface area contributed by atoms with Crippen molar-refractivity contribution in [3.8, 4) is 0 Å². The summed E-state index contributed by atoms with van der Waals surface area (Å²) in [4.78, 5) is 6.93. The average molecular weight is 416 g/mol. The molecule has 5 nitrogen and oxygen atoms in total. The number of rotatable bonds is 4. The van der Waals surface area contributed by atoms with Crippen LogP contribution < -0.4 is 5.32 Å². The summed E-state index contributed by atoms with van der Waals surface area (Å²) in [5.41, 5.74) is 2.99. The number of nitrogens with one attached hydrogen (secondary N) is 1. The third kappa shape index (κ3) is 3.39. The van der Waals surface area contributed by atoms with Gasteiger partial charge in [0.2, 0.25) is 0 Å². The Bertz CT molecular complexity index is 808. The van der Waals surface area contributed by atoms with Crippen LogP contribution in [0.4, 0.5) is 0 Å². The molecule has 26 heavy (non-hydrogen) atoms. The van der Waals surface area contributed by atoms with E-state index in [-0.39, 0.29) is 5.41 Å². The van der Waals surface area contributed by atoms with Crippen molar-refractivity contribution in [2.24, 2.45) is 12.0 Å². The van der Waals surface area contributed by atoms with E-state index in [1.54, 1.807) is 0 Å². The highest BCUT2D eigenvalue weighted by atomic mass is 79.9. The fraction of sp³-hybridized carbons (Fsp3) is 0.500. The number of aliphatic imine (C=N–C) groups is 1. The van der Waals surface area contributed by atoms with Crippen molar-refractivity contribution in [2.75, 3.05) is 26.7 Å².